The van der Waals surface area contributed by atoms with Gasteiger partial charge in [0, 0.05) is 16.5 Å². The first-order chi connectivity index (χ1) is 8.90. The third-order valence-electron chi connectivity index (χ3n) is 2.80. The number of halogens is 1. The van der Waals surface area contributed by atoms with Crippen molar-refractivity contribution in [1.29, 1.82) is 0 Å². The van der Waals surface area contributed by atoms with E-state index < -0.39 is 0 Å². The van der Waals surface area contributed by atoms with Gasteiger partial charge in [-0.3, -0.25) is 0 Å². The minimum absolute atomic E-state index is 0.161. The summed E-state index contributed by atoms with van der Waals surface area (Å²) >= 11 is 1.98. The number of nitrogens with one attached hydrogen (secondary N) is 1. The van der Waals surface area contributed by atoms with E-state index in [1.165, 1.54) is 5.56 Å². The van der Waals surface area contributed by atoms with E-state index in [2.05, 4.69) is 33.0 Å². The topological polar surface area (TPSA) is 12.0 Å². The lowest BCUT2D eigenvalue weighted by atomic mass is 10.1. The Labute approximate surface area is 121 Å². The quantitative estimate of drug-likeness (QED) is 0.802. The standard InChI is InChI=1S/C16H26FNS/c1-5-10-18-15(12-19-16(2,3)4)11-13-6-8-14(17)9-7-13/h6-9,15,18H,5,10-12H2,1-4H3. The molecule has 0 aliphatic heterocycles. The van der Waals surface area contributed by atoms with Crippen molar-refractivity contribution in [3.05, 3.63) is 35.6 Å². The highest BCUT2D eigenvalue weighted by molar-refractivity contribution is 8.00. The minimum Gasteiger partial charge on any atom is -0.313 e. The molecule has 0 spiro atoms. The molecule has 1 nitrogen and oxygen atoms in total. The normalized spacial score (nSPS) is 13.5. The lowest BCUT2D eigenvalue weighted by molar-refractivity contribution is 0.547. The van der Waals surface area contributed by atoms with Crippen LogP contribution in [0.25, 0.3) is 0 Å². The van der Waals surface area contributed by atoms with Crippen molar-refractivity contribution in [2.45, 2.75) is 51.3 Å². The second-order valence-corrected chi connectivity index (χ2v) is 7.75. The molecule has 1 aromatic carbocycles. The van der Waals surface area contributed by atoms with E-state index in [-0.39, 0.29) is 10.6 Å². The van der Waals surface area contributed by atoms with Crippen LogP contribution in [0.4, 0.5) is 4.39 Å². The highest BCUT2D eigenvalue weighted by Crippen LogP contribution is 2.24. The van der Waals surface area contributed by atoms with Crippen molar-refractivity contribution in [2.24, 2.45) is 0 Å². The summed E-state index contributed by atoms with van der Waals surface area (Å²) in [7, 11) is 0. The van der Waals surface area contributed by atoms with Gasteiger partial charge in [-0.15, -0.1) is 0 Å². The van der Waals surface area contributed by atoms with Crippen molar-refractivity contribution in [1.82, 2.24) is 5.32 Å². The summed E-state index contributed by atoms with van der Waals surface area (Å²) in [5.41, 5.74) is 1.20. The Bertz CT molecular complexity index is 356. The van der Waals surface area contributed by atoms with E-state index in [0.29, 0.717) is 6.04 Å². The predicted molar refractivity (Wildman–Crippen MR) is 84.4 cm³/mol. The molecule has 108 valence electrons. The largest absolute Gasteiger partial charge is 0.313 e. The number of benzene rings is 1. The fourth-order valence-corrected chi connectivity index (χ4v) is 2.73. The molecular formula is C16H26FNS. The van der Waals surface area contributed by atoms with Gasteiger partial charge in [0.1, 0.15) is 5.82 Å². The zero-order valence-electron chi connectivity index (χ0n) is 12.5. The maximum absolute atomic E-state index is 12.9. The molecule has 0 fully saturated rings. The lowest BCUT2D eigenvalue weighted by Crippen LogP contribution is -2.35. The molecule has 1 unspecified atom stereocenters. The zero-order valence-corrected chi connectivity index (χ0v) is 13.3. The Morgan fingerprint density at radius 1 is 1.21 bits per heavy atom. The molecule has 0 bridgehead atoms. The van der Waals surface area contributed by atoms with Crippen LogP contribution in [0.15, 0.2) is 24.3 Å². The van der Waals surface area contributed by atoms with Gasteiger partial charge in [-0.25, -0.2) is 4.39 Å². The molecule has 1 rings (SSSR count). The van der Waals surface area contributed by atoms with Crippen LogP contribution in [0.5, 0.6) is 0 Å². The van der Waals surface area contributed by atoms with Crippen molar-refractivity contribution < 1.29 is 4.39 Å². The van der Waals surface area contributed by atoms with Crippen LogP contribution in [0.1, 0.15) is 39.7 Å². The first-order valence-electron chi connectivity index (χ1n) is 7.02. The highest BCUT2D eigenvalue weighted by atomic mass is 32.2. The van der Waals surface area contributed by atoms with Crippen LogP contribution in [0, 0.1) is 5.82 Å². The monoisotopic (exact) mass is 283 g/mol. The smallest absolute Gasteiger partial charge is 0.123 e. The maximum atomic E-state index is 12.9. The van der Waals surface area contributed by atoms with Crippen LogP contribution < -0.4 is 5.32 Å². The third-order valence-corrected chi connectivity index (χ3v) is 4.23. The Morgan fingerprint density at radius 3 is 2.37 bits per heavy atom. The molecule has 0 saturated carbocycles. The number of thioether (sulfide) groups is 1. The third kappa shape index (κ3) is 7.58. The second-order valence-electron chi connectivity index (χ2n) is 5.91. The second kappa shape index (κ2) is 7.91. The average molecular weight is 283 g/mol. The Balaban J connectivity index is 2.55. The van der Waals surface area contributed by atoms with Crippen molar-refractivity contribution >= 4 is 11.8 Å². The van der Waals surface area contributed by atoms with Gasteiger partial charge in [0.15, 0.2) is 0 Å². The summed E-state index contributed by atoms with van der Waals surface area (Å²) in [5.74, 6) is 0.923. The summed E-state index contributed by atoms with van der Waals surface area (Å²) < 4.78 is 13.2. The van der Waals surface area contributed by atoms with E-state index in [0.717, 1.165) is 25.1 Å². The molecule has 0 aliphatic carbocycles. The summed E-state index contributed by atoms with van der Waals surface area (Å²) in [5, 5.41) is 3.59. The highest BCUT2D eigenvalue weighted by Gasteiger charge is 2.15. The number of hydrogen-bond acceptors (Lipinski definition) is 2. The first-order valence-corrected chi connectivity index (χ1v) is 8.01. The Hall–Kier alpha value is -0.540. The minimum atomic E-state index is -0.161. The summed E-state index contributed by atoms with van der Waals surface area (Å²) in [6, 6.07) is 7.32. The van der Waals surface area contributed by atoms with Crippen molar-refractivity contribution in [2.75, 3.05) is 12.3 Å². The molecule has 3 heteroatoms. The van der Waals surface area contributed by atoms with Gasteiger partial charge >= 0.3 is 0 Å². The molecule has 0 heterocycles. The van der Waals surface area contributed by atoms with E-state index in [1.54, 1.807) is 12.1 Å². The SMILES string of the molecule is CCCNC(CSC(C)(C)C)Cc1ccc(F)cc1. The van der Waals surface area contributed by atoms with Gasteiger partial charge in [0.05, 0.1) is 0 Å². The van der Waals surface area contributed by atoms with Gasteiger partial charge in [-0.05, 0) is 37.1 Å². The molecular weight excluding hydrogens is 257 g/mol. The van der Waals surface area contributed by atoms with Gasteiger partial charge in [0.25, 0.3) is 0 Å². The molecule has 1 N–H and O–H groups in total. The van der Waals surface area contributed by atoms with E-state index >= 15 is 0 Å². The molecule has 0 radical (unpaired) electrons. The van der Waals surface area contributed by atoms with E-state index in [4.69, 9.17) is 0 Å². The van der Waals surface area contributed by atoms with E-state index in [1.807, 2.05) is 23.9 Å². The number of rotatable bonds is 7. The molecule has 0 aliphatic rings. The van der Waals surface area contributed by atoms with Crippen molar-refractivity contribution in [3.63, 3.8) is 0 Å². The van der Waals surface area contributed by atoms with Gasteiger partial charge < -0.3 is 5.32 Å². The summed E-state index contributed by atoms with van der Waals surface area (Å²) in [6.07, 6.45) is 2.10. The lowest BCUT2D eigenvalue weighted by Gasteiger charge is -2.24. The maximum Gasteiger partial charge on any atom is 0.123 e. The van der Waals surface area contributed by atoms with Crippen LogP contribution in [0.2, 0.25) is 0 Å². The van der Waals surface area contributed by atoms with Gasteiger partial charge in [0.2, 0.25) is 0 Å². The Kier molecular flexibility index (Phi) is 6.87. The molecule has 0 amide bonds. The fraction of sp³-hybridized carbons (Fsp3) is 0.625. The zero-order chi connectivity index (χ0) is 14.3. The van der Waals surface area contributed by atoms with Crippen LogP contribution in [-0.2, 0) is 6.42 Å². The first kappa shape index (κ1) is 16.5. The molecule has 1 aromatic rings. The average Bonchev–Trinajstić information content (AvgIpc) is 2.34. The summed E-state index contributed by atoms with van der Waals surface area (Å²) in [4.78, 5) is 0. The fourth-order valence-electron chi connectivity index (χ4n) is 1.79. The molecule has 0 aromatic heterocycles. The van der Waals surface area contributed by atoms with E-state index in [9.17, 15) is 4.39 Å². The predicted octanol–water partition coefficient (Wildman–Crippen LogP) is 4.27. The van der Waals surface area contributed by atoms with Crippen LogP contribution >= 0.6 is 11.8 Å². The van der Waals surface area contributed by atoms with Crippen LogP contribution in [-0.4, -0.2) is 23.1 Å². The Morgan fingerprint density at radius 2 is 1.84 bits per heavy atom. The summed E-state index contributed by atoms with van der Waals surface area (Å²) in [6.45, 7) is 9.95. The van der Waals surface area contributed by atoms with Gasteiger partial charge in [-0.2, -0.15) is 11.8 Å². The molecule has 0 saturated heterocycles. The van der Waals surface area contributed by atoms with Crippen molar-refractivity contribution in [3.8, 4) is 0 Å². The molecule has 1 atom stereocenters. The van der Waals surface area contributed by atoms with Crippen LogP contribution in [0.3, 0.4) is 0 Å². The number of hydrogen-bond donors (Lipinski definition) is 1. The van der Waals surface area contributed by atoms with Gasteiger partial charge in [-0.1, -0.05) is 39.8 Å². The molecule has 19 heavy (non-hydrogen) atoms.